The quantitative estimate of drug-likeness (QED) is 0.546. The third kappa shape index (κ3) is 2.39. The highest BCUT2D eigenvalue weighted by atomic mass is 35.5. The van der Waals surface area contributed by atoms with E-state index in [1.165, 1.54) is 13.1 Å². The second-order valence-corrected chi connectivity index (χ2v) is 3.40. The normalized spacial score (nSPS) is 14.7. The minimum absolute atomic E-state index is 0.286. The van der Waals surface area contributed by atoms with Crippen LogP contribution in [0.5, 0.6) is 0 Å². The maximum atomic E-state index is 10.1. The molecule has 1 heterocycles. The van der Waals surface area contributed by atoms with Gasteiger partial charge in [-0.15, -0.1) is 0 Å². The first-order valence-corrected chi connectivity index (χ1v) is 4.03. The lowest BCUT2D eigenvalue weighted by Gasteiger charge is -2.18. The summed E-state index contributed by atoms with van der Waals surface area (Å²) in [6, 6.07) is 0. The number of rotatable bonds is 3. The Balaban J connectivity index is 2.93. The smallest absolute Gasteiger partial charge is 0.295 e. The molecule has 0 aromatic carbocycles. The zero-order valence-corrected chi connectivity index (χ0v) is 8.08. The molecule has 1 atom stereocenters. The molecule has 70 valence electrons. The van der Waals surface area contributed by atoms with E-state index in [4.69, 9.17) is 11.6 Å². The van der Waals surface area contributed by atoms with Gasteiger partial charge in [0.05, 0.1) is 11.9 Å². The van der Waals surface area contributed by atoms with Crippen LogP contribution < -0.4 is 0 Å². The molecule has 0 saturated carbocycles. The van der Waals surface area contributed by atoms with Crippen LogP contribution >= 0.6 is 11.6 Å². The van der Waals surface area contributed by atoms with Crippen LogP contribution in [0.3, 0.4) is 0 Å². The molecule has 13 heavy (non-hydrogen) atoms. The predicted molar refractivity (Wildman–Crippen MR) is 47.1 cm³/mol. The van der Waals surface area contributed by atoms with E-state index in [2.05, 4.69) is 14.7 Å². The molecule has 4 nitrogen and oxygen atoms in total. The van der Waals surface area contributed by atoms with Gasteiger partial charge < -0.3 is 4.74 Å². The standard InChI is InChI=1S/C8H9ClN2O2/c1-6-3-11-7(4-10-6)8(2,9)13-5-12/h3-5H,1-2H3. The van der Waals surface area contributed by atoms with Crippen molar-refractivity contribution in [2.45, 2.75) is 18.9 Å². The Kier molecular flexibility index (Phi) is 2.83. The van der Waals surface area contributed by atoms with E-state index in [9.17, 15) is 4.79 Å². The lowest BCUT2D eigenvalue weighted by atomic mass is 10.3. The molecule has 5 heteroatoms. The van der Waals surface area contributed by atoms with Crippen molar-refractivity contribution in [1.82, 2.24) is 9.97 Å². The number of carbonyl (C=O) groups is 1. The highest BCUT2D eigenvalue weighted by molar-refractivity contribution is 6.22. The number of aromatic nitrogens is 2. The van der Waals surface area contributed by atoms with E-state index in [0.29, 0.717) is 5.69 Å². The summed E-state index contributed by atoms with van der Waals surface area (Å²) in [6.45, 7) is 3.62. The molecule has 1 rings (SSSR count). The van der Waals surface area contributed by atoms with E-state index in [1.807, 2.05) is 6.92 Å². The summed E-state index contributed by atoms with van der Waals surface area (Å²) in [7, 11) is 0. The molecular weight excluding hydrogens is 192 g/mol. The number of nitrogens with zero attached hydrogens (tertiary/aromatic N) is 2. The fraction of sp³-hybridized carbons (Fsp3) is 0.375. The van der Waals surface area contributed by atoms with Gasteiger partial charge in [0.15, 0.2) is 0 Å². The lowest BCUT2D eigenvalue weighted by molar-refractivity contribution is -0.136. The first-order chi connectivity index (χ1) is 6.06. The summed E-state index contributed by atoms with van der Waals surface area (Å²) in [6.07, 6.45) is 3.04. The van der Waals surface area contributed by atoms with Crippen LogP contribution in [0.25, 0.3) is 0 Å². The number of hydrogen-bond acceptors (Lipinski definition) is 4. The molecule has 0 radical (unpaired) electrons. The number of aryl methyl sites for hydroxylation is 1. The third-order valence-electron chi connectivity index (χ3n) is 1.51. The van der Waals surface area contributed by atoms with Crippen LogP contribution in [0.4, 0.5) is 0 Å². The molecule has 0 N–H and O–H groups in total. The molecule has 1 unspecified atom stereocenters. The molecule has 0 bridgehead atoms. The minimum atomic E-state index is -1.23. The van der Waals surface area contributed by atoms with Gasteiger partial charge in [-0.2, -0.15) is 0 Å². The van der Waals surface area contributed by atoms with Crippen LogP contribution in [-0.2, 0) is 14.6 Å². The summed E-state index contributed by atoms with van der Waals surface area (Å²) in [5.74, 6) is 0. The minimum Gasteiger partial charge on any atom is -0.439 e. The molecular formula is C8H9ClN2O2. The van der Waals surface area contributed by atoms with Crippen LogP contribution in [0.15, 0.2) is 12.4 Å². The monoisotopic (exact) mass is 200 g/mol. The van der Waals surface area contributed by atoms with Gasteiger partial charge in [-0.05, 0) is 13.8 Å². The van der Waals surface area contributed by atoms with E-state index in [-0.39, 0.29) is 6.47 Å². The topological polar surface area (TPSA) is 52.1 Å². The Labute approximate surface area is 80.9 Å². The predicted octanol–water partition coefficient (Wildman–Crippen LogP) is 1.37. The van der Waals surface area contributed by atoms with Crippen LogP contribution in [-0.4, -0.2) is 16.4 Å². The Morgan fingerprint density at radius 2 is 2.23 bits per heavy atom. The summed E-state index contributed by atoms with van der Waals surface area (Å²) < 4.78 is 4.64. The molecule has 0 aliphatic heterocycles. The van der Waals surface area contributed by atoms with Crippen molar-refractivity contribution in [2.24, 2.45) is 0 Å². The first kappa shape index (κ1) is 9.92. The Bertz CT molecular complexity index is 298. The average Bonchev–Trinajstić information content (AvgIpc) is 2.05. The van der Waals surface area contributed by atoms with Crippen molar-refractivity contribution in [3.05, 3.63) is 23.8 Å². The fourth-order valence-electron chi connectivity index (χ4n) is 0.774. The Morgan fingerprint density at radius 3 is 2.69 bits per heavy atom. The Morgan fingerprint density at radius 1 is 1.54 bits per heavy atom. The highest BCUT2D eigenvalue weighted by Crippen LogP contribution is 2.26. The largest absolute Gasteiger partial charge is 0.439 e. The summed E-state index contributed by atoms with van der Waals surface area (Å²) >= 11 is 5.86. The summed E-state index contributed by atoms with van der Waals surface area (Å²) in [5, 5.41) is -1.23. The van der Waals surface area contributed by atoms with Gasteiger partial charge >= 0.3 is 0 Å². The second kappa shape index (κ2) is 3.70. The van der Waals surface area contributed by atoms with Crippen molar-refractivity contribution in [3.63, 3.8) is 0 Å². The highest BCUT2D eigenvalue weighted by Gasteiger charge is 2.26. The van der Waals surface area contributed by atoms with Gasteiger partial charge in [0.2, 0.25) is 5.06 Å². The van der Waals surface area contributed by atoms with Gasteiger partial charge in [-0.1, -0.05) is 11.6 Å². The van der Waals surface area contributed by atoms with Gasteiger partial charge in [0.25, 0.3) is 6.47 Å². The number of alkyl halides is 1. The van der Waals surface area contributed by atoms with Crippen molar-refractivity contribution < 1.29 is 9.53 Å². The lowest BCUT2D eigenvalue weighted by Crippen LogP contribution is -2.19. The zero-order chi connectivity index (χ0) is 9.90. The fourth-order valence-corrected chi connectivity index (χ4v) is 0.908. The van der Waals surface area contributed by atoms with E-state index >= 15 is 0 Å². The maximum Gasteiger partial charge on any atom is 0.295 e. The first-order valence-electron chi connectivity index (χ1n) is 3.66. The second-order valence-electron chi connectivity index (χ2n) is 2.67. The van der Waals surface area contributed by atoms with Gasteiger partial charge in [0.1, 0.15) is 5.69 Å². The van der Waals surface area contributed by atoms with Gasteiger partial charge in [-0.3, -0.25) is 14.8 Å². The number of hydrogen-bond donors (Lipinski definition) is 0. The van der Waals surface area contributed by atoms with Crippen molar-refractivity contribution in [1.29, 1.82) is 0 Å². The van der Waals surface area contributed by atoms with Crippen LogP contribution in [0, 0.1) is 6.92 Å². The van der Waals surface area contributed by atoms with Crippen LogP contribution in [0.2, 0.25) is 0 Å². The van der Waals surface area contributed by atoms with E-state index in [1.54, 1.807) is 6.20 Å². The van der Waals surface area contributed by atoms with Crippen LogP contribution in [0.1, 0.15) is 18.3 Å². The zero-order valence-electron chi connectivity index (χ0n) is 7.32. The molecule has 0 aliphatic carbocycles. The SMILES string of the molecule is Cc1cnc(C(C)(Cl)OC=O)cn1. The van der Waals surface area contributed by atoms with Crippen molar-refractivity contribution >= 4 is 18.1 Å². The Hall–Kier alpha value is -1.16. The van der Waals surface area contributed by atoms with E-state index in [0.717, 1.165) is 5.69 Å². The molecule has 0 saturated heterocycles. The summed E-state index contributed by atoms with van der Waals surface area (Å²) in [4.78, 5) is 18.1. The number of halogens is 1. The number of ether oxygens (including phenoxy) is 1. The molecule has 0 amide bonds. The molecule has 0 spiro atoms. The van der Waals surface area contributed by atoms with Gasteiger partial charge in [0, 0.05) is 6.20 Å². The third-order valence-corrected chi connectivity index (χ3v) is 1.79. The summed E-state index contributed by atoms with van der Waals surface area (Å²) in [5.41, 5.74) is 1.19. The molecule has 0 aliphatic rings. The molecule has 1 aromatic heterocycles. The molecule has 0 fully saturated rings. The average molecular weight is 201 g/mol. The molecule has 1 aromatic rings. The van der Waals surface area contributed by atoms with Crippen molar-refractivity contribution in [3.8, 4) is 0 Å². The van der Waals surface area contributed by atoms with Crippen molar-refractivity contribution in [2.75, 3.05) is 0 Å². The number of carbonyl (C=O) groups excluding carboxylic acids is 1. The maximum absolute atomic E-state index is 10.1. The van der Waals surface area contributed by atoms with E-state index < -0.39 is 5.06 Å². The van der Waals surface area contributed by atoms with Gasteiger partial charge in [-0.25, -0.2) is 0 Å².